The average Bonchev–Trinajstić information content (AvgIpc) is 2.69. The van der Waals surface area contributed by atoms with Crippen LogP contribution < -0.4 is 0 Å². The fourth-order valence-electron chi connectivity index (χ4n) is 3.45. The summed E-state index contributed by atoms with van der Waals surface area (Å²) in [4.78, 5) is 13.6. The summed E-state index contributed by atoms with van der Waals surface area (Å²) in [6.45, 7) is 6.88. The molecule has 0 bridgehead atoms. The van der Waals surface area contributed by atoms with Crippen molar-refractivity contribution in [2.24, 2.45) is 0 Å². The Kier molecular flexibility index (Phi) is 9.67. The molecule has 8 atom stereocenters. The van der Waals surface area contributed by atoms with Gasteiger partial charge in [-0.05, 0) is 6.04 Å². The number of carbonyl (C=O) groups excluding carboxylic acids is 1. The first kappa shape index (κ1) is 26.4. The van der Waals surface area contributed by atoms with Gasteiger partial charge in [-0.25, -0.2) is 4.79 Å². The topological polar surface area (TPSA) is 147 Å². The zero-order chi connectivity index (χ0) is 23.3. The summed E-state index contributed by atoms with van der Waals surface area (Å²) in [6, 6.07) is 0.286. The van der Waals surface area contributed by atoms with Crippen LogP contribution in [0.5, 0.6) is 0 Å². The number of aliphatic hydroxyl groups excluding tert-OH is 4. The quantitative estimate of drug-likeness (QED) is 0.339. The number of aliphatic hydroxyl groups is 4. The number of rotatable bonds is 8. The highest BCUT2D eigenvalue weighted by Gasteiger charge is 2.45. The van der Waals surface area contributed by atoms with Crippen molar-refractivity contribution in [3.8, 4) is 0 Å². The molecule has 2 aliphatic heterocycles. The highest BCUT2D eigenvalue weighted by atomic mass is 28.3. The van der Waals surface area contributed by atoms with Gasteiger partial charge in [0.2, 0.25) is 0 Å². The van der Waals surface area contributed by atoms with Crippen molar-refractivity contribution in [3.05, 3.63) is 0 Å². The van der Waals surface area contributed by atoms with Crippen LogP contribution in [0, 0.1) is 0 Å². The van der Waals surface area contributed by atoms with Crippen molar-refractivity contribution in [3.63, 3.8) is 0 Å². The lowest BCUT2D eigenvalue weighted by atomic mass is 9.99. The predicted octanol–water partition coefficient (Wildman–Crippen LogP) is -0.660. The zero-order valence-corrected chi connectivity index (χ0v) is 19.8. The number of hydrogen-bond donors (Lipinski definition) is 4. The molecule has 0 aromatic heterocycles. The van der Waals surface area contributed by atoms with E-state index >= 15 is 0 Å². The monoisotopic (exact) mass is 467 g/mol. The lowest BCUT2D eigenvalue weighted by Gasteiger charge is -2.41. The molecule has 0 spiro atoms. The van der Waals surface area contributed by atoms with Crippen LogP contribution in [0.1, 0.15) is 6.42 Å². The maximum atomic E-state index is 12.3. The minimum absolute atomic E-state index is 0.0502. The van der Waals surface area contributed by atoms with E-state index in [9.17, 15) is 25.2 Å². The first-order valence-electron chi connectivity index (χ1n) is 10.5. The second-order valence-electron chi connectivity index (χ2n) is 9.25. The molecule has 4 N–H and O–H groups in total. The molecule has 31 heavy (non-hydrogen) atoms. The van der Waals surface area contributed by atoms with Gasteiger partial charge in [0.05, 0.1) is 32.0 Å². The number of carbonyl (C=O) groups is 1. The number of hydrogen-bond acceptors (Lipinski definition) is 10. The van der Waals surface area contributed by atoms with Crippen LogP contribution in [0.3, 0.4) is 0 Å². The maximum absolute atomic E-state index is 12.3. The largest absolute Gasteiger partial charge is 0.450 e. The van der Waals surface area contributed by atoms with E-state index in [2.05, 4.69) is 19.6 Å². The van der Waals surface area contributed by atoms with Gasteiger partial charge in [0, 0.05) is 28.7 Å². The summed E-state index contributed by atoms with van der Waals surface area (Å²) in [5, 5.41) is 39.9. The molecule has 0 aliphatic carbocycles. The minimum atomic E-state index is -1.57. The molecule has 2 fully saturated rings. The molecule has 182 valence electrons. The van der Waals surface area contributed by atoms with E-state index in [1.54, 1.807) is 7.05 Å². The first-order valence-corrected chi connectivity index (χ1v) is 14.2. The van der Waals surface area contributed by atoms with Gasteiger partial charge in [-0.1, -0.05) is 19.6 Å². The Balaban J connectivity index is 1.80. The molecule has 0 saturated carbocycles. The number of likely N-dealkylation sites (N-methyl/N-ethyl adjacent to an activating group) is 1. The van der Waals surface area contributed by atoms with Crippen molar-refractivity contribution in [2.45, 2.75) is 81.2 Å². The Bertz CT molecular complexity index is 576. The van der Waals surface area contributed by atoms with Gasteiger partial charge >= 0.3 is 6.09 Å². The third-order valence-electron chi connectivity index (χ3n) is 5.57. The van der Waals surface area contributed by atoms with Gasteiger partial charge < -0.3 is 49.0 Å². The summed E-state index contributed by atoms with van der Waals surface area (Å²) < 4.78 is 27.0. The van der Waals surface area contributed by atoms with E-state index in [1.807, 2.05) is 0 Å². The molecule has 0 aromatic rings. The van der Waals surface area contributed by atoms with Gasteiger partial charge in [-0.3, -0.25) is 0 Å². The van der Waals surface area contributed by atoms with Crippen molar-refractivity contribution in [2.75, 3.05) is 34.0 Å². The number of ether oxygens (including phenoxy) is 5. The zero-order valence-electron chi connectivity index (χ0n) is 18.8. The molecular weight excluding hydrogens is 430 g/mol. The van der Waals surface area contributed by atoms with Crippen LogP contribution in [-0.2, 0) is 23.7 Å². The fraction of sp³-hybridized carbons (Fsp3) is 0.947. The molecule has 2 aliphatic rings. The van der Waals surface area contributed by atoms with Crippen molar-refractivity contribution in [1.82, 2.24) is 4.90 Å². The summed E-state index contributed by atoms with van der Waals surface area (Å²) in [5.74, 6) is 0. The Morgan fingerprint density at radius 2 is 1.84 bits per heavy atom. The molecule has 2 rings (SSSR count). The Morgan fingerprint density at radius 1 is 1.16 bits per heavy atom. The van der Waals surface area contributed by atoms with Crippen LogP contribution in [0.25, 0.3) is 0 Å². The van der Waals surface area contributed by atoms with E-state index in [0.29, 0.717) is 6.61 Å². The second-order valence-corrected chi connectivity index (χ2v) is 14.9. The molecule has 0 radical (unpaired) electrons. The summed E-state index contributed by atoms with van der Waals surface area (Å²) in [6.07, 6.45) is -8.22. The van der Waals surface area contributed by atoms with Gasteiger partial charge in [0.15, 0.2) is 12.6 Å². The van der Waals surface area contributed by atoms with Gasteiger partial charge in [0.25, 0.3) is 0 Å². The number of methoxy groups -OCH3 is 1. The SMILES string of the molecule is CO[C@H]1[C@H](O)[C@@H](O)[C@H](O)O[C@@H]1CO[C@H]1C[C@H](O)[C@@H](N(C)C(=O)OCC[Si](C)(C)C)CO1. The van der Waals surface area contributed by atoms with Gasteiger partial charge in [0.1, 0.15) is 24.4 Å². The molecular formula is C19H37NO10Si. The molecule has 2 heterocycles. The van der Waals surface area contributed by atoms with Crippen LogP contribution in [-0.4, -0.2) is 123 Å². The fourth-order valence-corrected chi connectivity index (χ4v) is 4.17. The predicted molar refractivity (Wildman–Crippen MR) is 111 cm³/mol. The maximum Gasteiger partial charge on any atom is 0.409 e. The number of amides is 1. The molecule has 2 saturated heterocycles. The van der Waals surface area contributed by atoms with Gasteiger partial charge in [-0.2, -0.15) is 0 Å². The lowest BCUT2D eigenvalue weighted by Crippen LogP contribution is -2.59. The Labute approximate surface area is 183 Å². The first-order chi connectivity index (χ1) is 14.4. The Hall–Kier alpha value is -0.833. The van der Waals surface area contributed by atoms with Crippen molar-refractivity contribution < 1.29 is 48.9 Å². The number of nitrogens with zero attached hydrogens (tertiary/aromatic N) is 1. The third-order valence-corrected chi connectivity index (χ3v) is 7.28. The Morgan fingerprint density at radius 3 is 2.42 bits per heavy atom. The molecule has 11 nitrogen and oxygen atoms in total. The molecule has 1 amide bonds. The van der Waals surface area contributed by atoms with Crippen molar-refractivity contribution >= 4 is 14.2 Å². The normalized spacial score (nSPS) is 36.8. The summed E-state index contributed by atoms with van der Waals surface area (Å²) in [7, 11) is 1.59. The highest BCUT2D eigenvalue weighted by Crippen LogP contribution is 2.25. The average molecular weight is 468 g/mol. The second kappa shape index (κ2) is 11.3. The standard InChI is InChI=1S/C19H37NO10Si/c1-20(19(25)27-6-7-31(3,4)5)11-9-28-14(8-12(11)21)29-10-13-17(26-2)15(22)16(23)18(24)30-13/h11-18,21-24H,6-10H2,1-5H3/t11-,12-,13+,14-,15+,16+,17+,18+/m0/s1. The van der Waals surface area contributed by atoms with E-state index in [4.69, 9.17) is 23.7 Å². The van der Waals surface area contributed by atoms with Crippen LogP contribution in [0.4, 0.5) is 4.79 Å². The van der Waals surface area contributed by atoms with Crippen LogP contribution in [0.15, 0.2) is 0 Å². The van der Waals surface area contributed by atoms with Crippen LogP contribution in [0.2, 0.25) is 25.7 Å². The van der Waals surface area contributed by atoms with Crippen LogP contribution >= 0.6 is 0 Å². The lowest BCUT2D eigenvalue weighted by molar-refractivity contribution is -0.303. The van der Waals surface area contributed by atoms with E-state index in [0.717, 1.165) is 6.04 Å². The highest BCUT2D eigenvalue weighted by molar-refractivity contribution is 6.76. The van der Waals surface area contributed by atoms with Gasteiger partial charge in [-0.15, -0.1) is 0 Å². The summed E-state index contributed by atoms with van der Waals surface area (Å²) in [5.41, 5.74) is 0. The smallest absolute Gasteiger partial charge is 0.409 e. The molecule has 0 aromatic carbocycles. The van der Waals surface area contributed by atoms with E-state index in [1.165, 1.54) is 12.0 Å². The van der Waals surface area contributed by atoms with E-state index < -0.39 is 63.3 Å². The third kappa shape index (κ3) is 7.34. The minimum Gasteiger partial charge on any atom is -0.450 e. The molecule has 12 heteroatoms. The summed E-state index contributed by atoms with van der Waals surface area (Å²) >= 11 is 0. The molecule has 0 unspecified atom stereocenters. The van der Waals surface area contributed by atoms with E-state index in [-0.39, 0.29) is 19.6 Å². The van der Waals surface area contributed by atoms with Crippen molar-refractivity contribution in [1.29, 1.82) is 0 Å².